The molecule has 0 spiro atoms. The second-order valence-electron chi connectivity index (χ2n) is 3.14. The maximum Gasteiger partial charge on any atom is 0.0562 e. The zero-order valence-corrected chi connectivity index (χ0v) is 9.28. The maximum absolute atomic E-state index is 5.99. The molecule has 1 rings (SSSR count). The zero-order chi connectivity index (χ0) is 10.4. The topological polar surface area (TPSA) is 12.0 Å². The van der Waals surface area contributed by atoms with Crippen molar-refractivity contribution in [2.45, 2.75) is 13.3 Å². The second-order valence-corrected chi connectivity index (χ2v) is 3.55. The highest BCUT2D eigenvalue weighted by Gasteiger charge is 1.95. The lowest BCUT2D eigenvalue weighted by Crippen LogP contribution is -2.05. The summed E-state index contributed by atoms with van der Waals surface area (Å²) in [5.41, 5.74) is 2.11. The molecule has 74 valence electrons. The first-order valence-corrected chi connectivity index (χ1v) is 5.01. The Bertz CT molecular complexity index is 360. The molecule has 0 saturated heterocycles. The van der Waals surface area contributed by atoms with Gasteiger partial charge in [-0.1, -0.05) is 29.5 Å². The number of benzene rings is 1. The number of hydrogen-bond donors (Lipinski definition) is 1. The van der Waals surface area contributed by atoms with E-state index in [1.54, 1.807) is 0 Å². The molecule has 0 aliphatic heterocycles. The number of halogens is 1. The van der Waals surface area contributed by atoms with E-state index in [1.807, 2.05) is 32.2 Å². The summed E-state index contributed by atoms with van der Waals surface area (Å²) in [4.78, 5) is 0. The molecule has 1 N–H and O–H groups in total. The van der Waals surface area contributed by atoms with Crippen molar-refractivity contribution in [3.63, 3.8) is 0 Å². The average molecular weight is 208 g/mol. The summed E-state index contributed by atoms with van der Waals surface area (Å²) in [5, 5.41) is 3.77. The number of hydrogen-bond acceptors (Lipinski definition) is 1. The molecule has 0 radical (unpaired) electrons. The van der Waals surface area contributed by atoms with Gasteiger partial charge in [-0.2, -0.15) is 0 Å². The summed E-state index contributed by atoms with van der Waals surface area (Å²) in [6, 6.07) is 5.88. The van der Waals surface area contributed by atoms with Gasteiger partial charge in [0.2, 0.25) is 0 Å². The average Bonchev–Trinajstić information content (AvgIpc) is 2.18. The highest BCUT2D eigenvalue weighted by atomic mass is 35.5. The normalized spacial score (nSPS) is 9.36. The molecule has 1 aromatic rings. The molecule has 0 atom stereocenters. The van der Waals surface area contributed by atoms with Gasteiger partial charge in [-0.25, -0.2) is 0 Å². The second kappa shape index (κ2) is 5.70. The highest BCUT2D eigenvalue weighted by molar-refractivity contribution is 6.31. The summed E-state index contributed by atoms with van der Waals surface area (Å²) < 4.78 is 0. The Morgan fingerprint density at radius 1 is 1.43 bits per heavy atom. The van der Waals surface area contributed by atoms with Gasteiger partial charge in [-0.3, -0.25) is 0 Å². The molecule has 0 fully saturated rings. The molecule has 1 nitrogen and oxygen atoms in total. The van der Waals surface area contributed by atoms with Gasteiger partial charge in [0, 0.05) is 18.5 Å². The Hall–Kier alpha value is -0.970. The van der Waals surface area contributed by atoms with Crippen molar-refractivity contribution in [1.82, 2.24) is 5.32 Å². The van der Waals surface area contributed by atoms with Gasteiger partial charge in [0.25, 0.3) is 0 Å². The minimum atomic E-state index is 0.729. The quantitative estimate of drug-likeness (QED) is 0.581. The standard InChI is InChI=1S/C12H14ClN/c1-10-6-7-12(13)11(9-10)5-3-4-8-14-2/h6-7,9,14H,4,8H2,1-2H3. The Kier molecular flexibility index (Phi) is 4.52. The smallest absolute Gasteiger partial charge is 0.0562 e. The molecular weight excluding hydrogens is 194 g/mol. The van der Waals surface area contributed by atoms with Crippen molar-refractivity contribution in [2.24, 2.45) is 0 Å². The minimum absolute atomic E-state index is 0.729. The first-order valence-electron chi connectivity index (χ1n) is 4.63. The van der Waals surface area contributed by atoms with Gasteiger partial charge >= 0.3 is 0 Å². The van der Waals surface area contributed by atoms with E-state index in [9.17, 15) is 0 Å². The number of nitrogens with one attached hydrogen (secondary N) is 1. The molecule has 0 unspecified atom stereocenters. The van der Waals surface area contributed by atoms with Crippen LogP contribution in [0.1, 0.15) is 17.5 Å². The van der Waals surface area contributed by atoms with E-state index in [1.165, 1.54) is 5.56 Å². The molecule has 0 bridgehead atoms. The van der Waals surface area contributed by atoms with E-state index in [4.69, 9.17) is 11.6 Å². The van der Waals surface area contributed by atoms with Crippen LogP contribution < -0.4 is 5.32 Å². The maximum atomic E-state index is 5.99. The molecule has 0 aliphatic rings. The van der Waals surface area contributed by atoms with Crippen molar-refractivity contribution in [1.29, 1.82) is 0 Å². The third kappa shape index (κ3) is 3.41. The van der Waals surface area contributed by atoms with Gasteiger partial charge in [0.15, 0.2) is 0 Å². The molecule has 0 amide bonds. The van der Waals surface area contributed by atoms with E-state index in [2.05, 4.69) is 17.2 Å². The molecule has 0 heterocycles. The van der Waals surface area contributed by atoms with Gasteiger partial charge in [0.05, 0.1) is 5.02 Å². The fourth-order valence-corrected chi connectivity index (χ4v) is 1.24. The summed E-state index contributed by atoms with van der Waals surface area (Å²) in [7, 11) is 1.92. The number of aryl methyl sites for hydroxylation is 1. The van der Waals surface area contributed by atoms with Crippen LogP contribution in [-0.2, 0) is 0 Å². The Morgan fingerprint density at radius 2 is 2.21 bits per heavy atom. The van der Waals surface area contributed by atoms with Crippen molar-refractivity contribution in [2.75, 3.05) is 13.6 Å². The fourth-order valence-electron chi connectivity index (χ4n) is 1.08. The zero-order valence-electron chi connectivity index (χ0n) is 8.52. The van der Waals surface area contributed by atoms with E-state index >= 15 is 0 Å². The molecule has 0 aromatic heterocycles. The third-order valence-electron chi connectivity index (χ3n) is 1.84. The van der Waals surface area contributed by atoms with Gasteiger partial charge < -0.3 is 5.32 Å². The largest absolute Gasteiger partial charge is 0.319 e. The van der Waals surface area contributed by atoms with Crippen LogP contribution in [0.3, 0.4) is 0 Å². The lowest BCUT2D eigenvalue weighted by Gasteiger charge is -1.97. The van der Waals surface area contributed by atoms with Crippen LogP contribution >= 0.6 is 11.6 Å². The molecular formula is C12H14ClN. The lowest BCUT2D eigenvalue weighted by atomic mass is 10.1. The summed E-state index contributed by atoms with van der Waals surface area (Å²) in [6.07, 6.45) is 0.848. The Morgan fingerprint density at radius 3 is 2.93 bits per heavy atom. The van der Waals surface area contributed by atoms with Crippen LogP contribution in [0.15, 0.2) is 18.2 Å². The Balaban J connectivity index is 2.73. The van der Waals surface area contributed by atoms with Crippen LogP contribution in [0.2, 0.25) is 5.02 Å². The molecule has 0 saturated carbocycles. The van der Waals surface area contributed by atoms with Crippen LogP contribution in [0, 0.1) is 18.8 Å². The van der Waals surface area contributed by atoms with Crippen LogP contribution in [0.25, 0.3) is 0 Å². The lowest BCUT2D eigenvalue weighted by molar-refractivity contribution is 0.818. The van der Waals surface area contributed by atoms with Gasteiger partial charge in [-0.05, 0) is 31.7 Å². The summed E-state index contributed by atoms with van der Waals surface area (Å²) >= 11 is 5.99. The van der Waals surface area contributed by atoms with Crippen molar-refractivity contribution >= 4 is 11.6 Å². The van der Waals surface area contributed by atoms with E-state index in [-0.39, 0.29) is 0 Å². The van der Waals surface area contributed by atoms with Crippen LogP contribution in [0.5, 0.6) is 0 Å². The predicted octanol–water partition coefficient (Wildman–Crippen LogP) is 2.61. The molecule has 2 heteroatoms. The van der Waals surface area contributed by atoms with E-state index in [0.717, 1.165) is 23.6 Å². The predicted molar refractivity (Wildman–Crippen MR) is 61.6 cm³/mol. The molecule has 0 aliphatic carbocycles. The molecule has 1 aromatic carbocycles. The monoisotopic (exact) mass is 207 g/mol. The number of rotatable bonds is 2. The van der Waals surface area contributed by atoms with Gasteiger partial charge in [-0.15, -0.1) is 0 Å². The minimum Gasteiger partial charge on any atom is -0.319 e. The van der Waals surface area contributed by atoms with Crippen LogP contribution in [0.4, 0.5) is 0 Å². The molecule has 14 heavy (non-hydrogen) atoms. The van der Waals surface area contributed by atoms with Gasteiger partial charge in [0.1, 0.15) is 0 Å². The van der Waals surface area contributed by atoms with Crippen molar-refractivity contribution in [3.8, 4) is 11.8 Å². The fraction of sp³-hybridized carbons (Fsp3) is 0.333. The first kappa shape index (κ1) is 11.1. The first-order chi connectivity index (χ1) is 6.74. The van der Waals surface area contributed by atoms with Crippen molar-refractivity contribution < 1.29 is 0 Å². The van der Waals surface area contributed by atoms with Crippen LogP contribution in [-0.4, -0.2) is 13.6 Å². The summed E-state index contributed by atoms with van der Waals surface area (Å²) in [6.45, 7) is 2.95. The Labute approximate surface area is 90.5 Å². The highest BCUT2D eigenvalue weighted by Crippen LogP contribution is 2.15. The van der Waals surface area contributed by atoms with Crippen molar-refractivity contribution in [3.05, 3.63) is 34.3 Å². The van der Waals surface area contributed by atoms with E-state index in [0.29, 0.717) is 0 Å². The SMILES string of the molecule is CNCCC#Cc1cc(C)ccc1Cl. The third-order valence-corrected chi connectivity index (χ3v) is 2.17. The van der Waals surface area contributed by atoms with E-state index < -0.39 is 0 Å². The summed E-state index contributed by atoms with van der Waals surface area (Å²) in [5.74, 6) is 6.14.